The van der Waals surface area contributed by atoms with Crippen LogP contribution in [0.5, 0.6) is 0 Å². The van der Waals surface area contributed by atoms with Gasteiger partial charge in [0.2, 0.25) is 0 Å². The number of ketones is 1. The maximum Gasteiger partial charge on any atom is 0.278 e. The van der Waals surface area contributed by atoms with Crippen LogP contribution < -0.4 is 5.56 Å². The van der Waals surface area contributed by atoms with Crippen LogP contribution in [0.3, 0.4) is 0 Å². The van der Waals surface area contributed by atoms with E-state index < -0.39 is 11.7 Å². The molecule has 0 aliphatic carbocycles. The number of hydrogen-bond acceptors (Lipinski definition) is 4. The minimum absolute atomic E-state index is 0.0166. The number of hydrogen-bond donors (Lipinski definition) is 1. The Morgan fingerprint density at radius 3 is 2.00 bits per heavy atom. The van der Waals surface area contributed by atoms with Crippen molar-refractivity contribution in [2.24, 2.45) is 0 Å². The zero-order valence-corrected chi connectivity index (χ0v) is 16.8. The topological polar surface area (TPSA) is 72.2 Å². The van der Waals surface area contributed by atoms with Crippen LogP contribution in [0.15, 0.2) is 53.3 Å². The first kappa shape index (κ1) is 20.3. The Morgan fingerprint density at radius 1 is 1.04 bits per heavy atom. The fourth-order valence-electron chi connectivity index (χ4n) is 2.98. The third kappa shape index (κ3) is 4.17. The summed E-state index contributed by atoms with van der Waals surface area (Å²) < 4.78 is 1.13. The molecule has 0 fully saturated rings. The average Bonchev–Trinajstić information content (AvgIpc) is 2.64. The van der Waals surface area contributed by atoms with Crippen LogP contribution in [0.2, 0.25) is 10.0 Å². The number of aliphatic hydroxyl groups is 1. The number of aromatic nitrogens is 2. The van der Waals surface area contributed by atoms with E-state index >= 15 is 0 Å². The van der Waals surface area contributed by atoms with Crippen LogP contribution in [0, 0.1) is 0 Å². The molecule has 0 saturated heterocycles. The summed E-state index contributed by atoms with van der Waals surface area (Å²) in [6.07, 6.45) is -0.801. The first-order valence-electron chi connectivity index (χ1n) is 8.64. The molecule has 0 bridgehead atoms. The van der Waals surface area contributed by atoms with Gasteiger partial charge < -0.3 is 5.11 Å². The molecule has 144 valence electrons. The second-order valence-corrected chi connectivity index (χ2v) is 7.38. The minimum Gasteiger partial charge on any atom is -0.391 e. The normalized spacial score (nSPS) is 12.0. The van der Waals surface area contributed by atoms with E-state index in [1.807, 2.05) is 0 Å². The third-order valence-electron chi connectivity index (χ3n) is 4.20. The summed E-state index contributed by atoms with van der Waals surface area (Å²) in [4.78, 5) is 25.4. The lowest BCUT2D eigenvalue weighted by Crippen LogP contribution is -2.32. The molecule has 3 aromatic rings. The van der Waals surface area contributed by atoms with Gasteiger partial charge in [0.05, 0.1) is 23.9 Å². The average molecular weight is 417 g/mol. The van der Waals surface area contributed by atoms with E-state index in [0.717, 1.165) is 4.68 Å². The first-order valence-corrected chi connectivity index (χ1v) is 9.39. The molecule has 1 aromatic heterocycles. The summed E-state index contributed by atoms with van der Waals surface area (Å²) in [5.74, 6) is -0.382. The van der Waals surface area contributed by atoms with E-state index in [9.17, 15) is 14.7 Å². The lowest BCUT2D eigenvalue weighted by molar-refractivity contribution is 0.101. The van der Waals surface area contributed by atoms with Gasteiger partial charge in [-0.05, 0) is 43.7 Å². The lowest BCUT2D eigenvalue weighted by Gasteiger charge is -2.17. The predicted octanol–water partition coefficient (Wildman–Crippen LogP) is 4.47. The highest BCUT2D eigenvalue weighted by molar-refractivity contribution is 6.31. The Kier molecular flexibility index (Phi) is 5.98. The molecule has 0 amide bonds. The molecule has 7 heteroatoms. The highest BCUT2D eigenvalue weighted by atomic mass is 35.5. The fraction of sp³-hybridized carbons (Fsp3) is 0.190. The number of carbonyl (C=O) groups excluding carboxylic acids is 1. The molecule has 1 atom stereocenters. The summed E-state index contributed by atoms with van der Waals surface area (Å²) in [6.45, 7) is 2.87. The molecule has 2 aromatic carbocycles. The Labute approximate surface area is 172 Å². The predicted molar refractivity (Wildman–Crippen MR) is 111 cm³/mol. The molecule has 1 heterocycles. The third-order valence-corrected chi connectivity index (χ3v) is 4.70. The Morgan fingerprint density at radius 2 is 1.54 bits per heavy atom. The van der Waals surface area contributed by atoms with E-state index in [2.05, 4.69) is 5.10 Å². The molecule has 0 aliphatic rings. The Hall–Kier alpha value is -2.47. The van der Waals surface area contributed by atoms with Crippen molar-refractivity contribution < 1.29 is 9.90 Å². The van der Waals surface area contributed by atoms with Gasteiger partial charge in [-0.3, -0.25) is 9.59 Å². The quantitative estimate of drug-likeness (QED) is 0.622. The molecular weight excluding hydrogens is 399 g/mol. The molecule has 0 saturated carbocycles. The highest BCUT2D eigenvalue weighted by Gasteiger charge is 2.23. The van der Waals surface area contributed by atoms with Crippen LogP contribution in [0.1, 0.15) is 24.2 Å². The molecule has 0 aliphatic heterocycles. The van der Waals surface area contributed by atoms with Crippen molar-refractivity contribution in [3.63, 3.8) is 0 Å². The van der Waals surface area contributed by atoms with Gasteiger partial charge in [0, 0.05) is 21.2 Å². The van der Waals surface area contributed by atoms with Crippen molar-refractivity contribution in [2.45, 2.75) is 26.5 Å². The Bertz CT molecular complexity index is 1070. The van der Waals surface area contributed by atoms with Gasteiger partial charge in [0.1, 0.15) is 0 Å². The molecule has 3 rings (SSSR count). The maximum absolute atomic E-state index is 13.0. The maximum atomic E-state index is 13.0. The number of Topliss-reactive ketones (excluding diaryl/α,β-unsaturated/α-hetero) is 1. The number of nitrogens with zero attached hydrogens (tertiary/aromatic N) is 2. The van der Waals surface area contributed by atoms with E-state index in [-0.39, 0.29) is 17.9 Å². The van der Waals surface area contributed by atoms with E-state index in [1.54, 1.807) is 55.5 Å². The molecule has 28 heavy (non-hydrogen) atoms. The number of aliphatic hydroxyl groups excluding tert-OH is 1. The number of halogens is 2. The van der Waals surface area contributed by atoms with Gasteiger partial charge in [-0.2, -0.15) is 5.10 Å². The summed E-state index contributed by atoms with van der Waals surface area (Å²) in [5, 5.41) is 15.3. The molecular formula is C21H18Cl2N2O3. The van der Waals surface area contributed by atoms with Gasteiger partial charge in [-0.1, -0.05) is 47.5 Å². The smallest absolute Gasteiger partial charge is 0.278 e. The van der Waals surface area contributed by atoms with Crippen LogP contribution in [0.4, 0.5) is 0 Å². The van der Waals surface area contributed by atoms with Crippen LogP contribution >= 0.6 is 23.2 Å². The summed E-state index contributed by atoms with van der Waals surface area (Å²) in [6, 6.07) is 13.8. The zero-order valence-electron chi connectivity index (χ0n) is 15.3. The van der Waals surface area contributed by atoms with Gasteiger partial charge in [-0.25, -0.2) is 4.68 Å². The molecule has 0 spiro atoms. The van der Waals surface area contributed by atoms with Crippen molar-refractivity contribution in [1.82, 2.24) is 9.78 Å². The van der Waals surface area contributed by atoms with Gasteiger partial charge >= 0.3 is 0 Å². The standard InChI is InChI=1S/C21H18Cl2N2O3/c1-12(26)11-25-21(28)18(13(2)27)19(14-3-7-16(22)8-4-14)20(24-25)15-5-9-17(23)10-6-15/h3-10,12,26H,11H2,1-2H3. The largest absolute Gasteiger partial charge is 0.391 e. The van der Waals surface area contributed by atoms with Gasteiger partial charge in [0.25, 0.3) is 5.56 Å². The Balaban J connectivity index is 2.40. The van der Waals surface area contributed by atoms with Crippen LogP contribution in [-0.2, 0) is 6.54 Å². The van der Waals surface area contributed by atoms with Crippen molar-refractivity contribution in [3.05, 3.63) is 74.5 Å². The van der Waals surface area contributed by atoms with E-state index in [1.165, 1.54) is 6.92 Å². The first-order chi connectivity index (χ1) is 13.3. The van der Waals surface area contributed by atoms with Crippen LogP contribution in [0.25, 0.3) is 22.4 Å². The van der Waals surface area contributed by atoms with Crippen molar-refractivity contribution in [2.75, 3.05) is 0 Å². The summed E-state index contributed by atoms with van der Waals surface area (Å²) in [5.41, 5.74) is 1.69. The van der Waals surface area contributed by atoms with Gasteiger partial charge in [0.15, 0.2) is 5.78 Å². The van der Waals surface area contributed by atoms with Crippen molar-refractivity contribution in [1.29, 1.82) is 0 Å². The molecule has 5 nitrogen and oxygen atoms in total. The van der Waals surface area contributed by atoms with Crippen LogP contribution in [-0.4, -0.2) is 26.8 Å². The molecule has 1 unspecified atom stereocenters. The zero-order chi connectivity index (χ0) is 20.4. The van der Waals surface area contributed by atoms with E-state index in [4.69, 9.17) is 23.2 Å². The summed E-state index contributed by atoms with van der Waals surface area (Å²) >= 11 is 12.0. The second-order valence-electron chi connectivity index (χ2n) is 6.50. The van der Waals surface area contributed by atoms with Crippen molar-refractivity contribution in [3.8, 4) is 22.4 Å². The molecule has 0 radical (unpaired) electrons. The monoisotopic (exact) mass is 416 g/mol. The number of benzene rings is 2. The highest BCUT2D eigenvalue weighted by Crippen LogP contribution is 2.33. The fourth-order valence-corrected chi connectivity index (χ4v) is 3.23. The summed E-state index contributed by atoms with van der Waals surface area (Å²) in [7, 11) is 0. The second kappa shape index (κ2) is 8.27. The SMILES string of the molecule is CC(=O)c1c(-c2ccc(Cl)cc2)c(-c2ccc(Cl)cc2)nn(CC(C)O)c1=O. The van der Waals surface area contributed by atoms with Crippen molar-refractivity contribution >= 4 is 29.0 Å². The van der Waals surface area contributed by atoms with E-state index in [0.29, 0.717) is 32.4 Å². The number of carbonyl (C=O) groups is 1. The van der Waals surface area contributed by atoms with Gasteiger partial charge in [-0.15, -0.1) is 0 Å². The lowest BCUT2D eigenvalue weighted by atomic mass is 9.94. The number of rotatable bonds is 5. The minimum atomic E-state index is -0.801. The molecule has 1 N–H and O–H groups in total.